The van der Waals surface area contributed by atoms with Gasteiger partial charge >= 0.3 is 0 Å². The molecule has 12 heavy (non-hydrogen) atoms. The highest BCUT2D eigenvalue weighted by Gasteiger charge is 2.34. The molecule has 4 heteroatoms. The van der Waals surface area contributed by atoms with Gasteiger partial charge in [-0.05, 0) is 12.8 Å². The molecule has 2 bridgehead atoms. The van der Waals surface area contributed by atoms with Crippen LogP contribution in [0.5, 0.6) is 0 Å². The van der Waals surface area contributed by atoms with Crippen molar-refractivity contribution in [3.8, 4) is 0 Å². The van der Waals surface area contributed by atoms with Crippen molar-refractivity contribution in [2.24, 2.45) is 0 Å². The second kappa shape index (κ2) is 2.01. The Balaban J connectivity index is 2.21. The number of hydrogen-bond acceptors (Lipinski definition) is 2. The fraction of sp³-hybridized carbons (Fsp3) is 0.625. The zero-order valence-corrected chi connectivity index (χ0v) is 6.68. The highest BCUT2D eigenvalue weighted by Crippen LogP contribution is 2.32. The maximum absolute atomic E-state index is 11.3. The van der Waals surface area contributed by atoms with Gasteiger partial charge in [-0.3, -0.25) is 9.89 Å². The number of hydrogen-bond donors (Lipinski definition) is 3. The maximum atomic E-state index is 11.3. The quantitative estimate of drug-likeness (QED) is 0.508. The zero-order chi connectivity index (χ0) is 8.13. The van der Waals surface area contributed by atoms with E-state index in [2.05, 4.69) is 15.5 Å². The molecule has 2 atom stereocenters. The van der Waals surface area contributed by atoms with Gasteiger partial charge in [-0.15, -0.1) is 0 Å². The largest absolute Gasteiger partial charge is 0.307 e. The Morgan fingerprint density at radius 1 is 1.25 bits per heavy atom. The summed E-state index contributed by atoms with van der Waals surface area (Å²) in [7, 11) is 0. The van der Waals surface area contributed by atoms with Crippen LogP contribution in [0.1, 0.15) is 30.1 Å². The molecule has 4 nitrogen and oxygen atoms in total. The Morgan fingerprint density at radius 3 is 3.08 bits per heavy atom. The summed E-state index contributed by atoms with van der Waals surface area (Å²) >= 11 is 0. The normalized spacial score (nSPS) is 32.0. The lowest BCUT2D eigenvalue weighted by atomic mass is 10.0. The van der Waals surface area contributed by atoms with Crippen LogP contribution < -0.4 is 10.9 Å². The molecule has 0 saturated carbocycles. The molecule has 1 aromatic heterocycles. The zero-order valence-electron chi connectivity index (χ0n) is 6.68. The van der Waals surface area contributed by atoms with Gasteiger partial charge in [0.05, 0.1) is 5.56 Å². The van der Waals surface area contributed by atoms with Crippen molar-refractivity contribution in [2.75, 3.05) is 0 Å². The van der Waals surface area contributed by atoms with Crippen LogP contribution in [-0.4, -0.2) is 16.2 Å². The maximum Gasteiger partial charge on any atom is 0.268 e. The number of rotatable bonds is 0. The molecule has 2 unspecified atom stereocenters. The molecular weight excluding hydrogens is 154 g/mol. The van der Waals surface area contributed by atoms with Crippen molar-refractivity contribution >= 4 is 0 Å². The number of nitrogens with one attached hydrogen (secondary N) is 3. The first-order valence-electron chi connectivity index (χ1n) is 4.40. The van der Waals surface area contributed by atoms with Crippen LogP contribution >= 0.6 is 0 Å². The van der Waals surface area contributed by atoms with Crippen LogP contribution in [0.2, 0.25) is 0 Å². The van der Waals surface area contributed by atoms with Gasteiger partial charge in [0, 0.05) is 24.2 Å². The Hall–Kier alpha value is -1.03. The molecule has 0 aromatic carbocycles. The molecule has 3 rings (SSSR count). The Bertz CT molecular complexity index is 365. The van der Waals surface area contributed by atoms with E-state index >= 15 is 0 Å². The minimum Gasteiger partial charge on any atom is -0.307 e. The lowest BCUT2D eigenvalue weighted by Crippen LogP contribution is -2.33. The van der Waals surface area contributed by atoms with Crippen LogP contribution in [-0.2, 0) is 6.42 Å². The van der Waals surface area contributed by atoms with Crippen molar-refractivity contribution in [2.45, 2.75) is 31.3 Å². The summed E-state index contributed by atoms with van der Waals surface area (Å²) in [4.78, 5) is 11.3. The van der Waals surface area contributed by atoms with Crippen LogP contribution in [0, 0.1) is 0 Å². The van der Waals surface area contributed by atoms with Crippen LogP contribution in [0.4, 0.5) is 0 Å². The van der Waals surface area contributed by atoms with E-state index in [0.29, 0.717) is 12.1 Å². The lowest BCUT2D eigenvalue weighted by molar-refractivity contribution is 0.509. The Kier molecular flexibility index (Phi) is 1.09. The van der Waals surface area contributed by atoms with Crippen LogP contribution in [0.3, 0.4) is 0 Å². The number of aromatic amines is 2. The highest BCUT2D eigenvalue weighted by molar-refractivity contribution is 5.27. The van der Waals surface area contributed by atoms with Crippen molar-refractivity contribution < 1.29 is 0 Å². The molecule has 1 aromatic rings. The van der Waals surface area contributed by atoms with Crippen LogP contribution in [0.25, 0.3) is 0 Å². The number of aromatic nitrogens is 2. The van der Waals surface area contributed by atoms with Gasteiger partial charge in [0.25, 0.3) is 5.56 Å². The number of H-pyrrole nitrogens is 2. The summed E-state index contributed by atoms with van der Waals surface area (Å²) in [5.74, 6) is 0. The van der Waals surface area contributed by atoms with Gasteiger partial charge in [0.1, 0.15) is 0 Å². The molecule has 3 N–H and O–H groups in total. The second-order valence-corrected chi connectivity index (χ2v) is 3.67. The van der Waals surface area contributed by atoms with E-state index in [-0.39, 0.29) is 5.56 Å². The van der Waals surface area contributed by atoms with Crippen LogP contribution in [0.15, 0.2) is 4.79 Å². The van der Waals surface area contributed by atoms with Gasteiger partial charge < -0.3 is 10.4 Å². The third-order valence-electron chi connectivity index (χ3n) is 2.94. The van der Waals surface area contributed by atoms with E-state index in [1.54, 1.807) is 0 Å². The van der Waals surface area contributed by atoms with E-state index in [9.17, 15) is 4.79 Å². The molecular formula is C8H11N3O. The van der Waals surface area contributed by atoms with Gasteiger partial charge in [-0.1, -0.05) is 0 Å². The monoisotopic (exact) mass is 165 g/mol. The summed E-state index contributed by atoms with van der Waals surface area (Å²) < 4.78 is 0. The number of fused-ring (bicyclic) bond motifs is 4. The first-order valence-corrected chi connectivity index (χ1v) is 4.40. The third-order valence-corrected chi connectivity index (χ3v) is 2.94. The van der Waals surface area contributed by atoms with E-state index in [0.717, 1.165) is 24.1 Å². The summed E-state index contributed by atoms with van der Waals surface area (Å²) in [6.07, 6.45) is 3.29. The summed E-state index contributed by atoms with van der Waals surface area (Å²) in [6, 6.07) is 0.905. The first kappa shape index (κ1) is 6.48. The molecule has 0 radical (unpaired) electrons. The fourth-order valence-corrected chi connectivity index (χ4v) is 2.39. The standard InChI is InChI=1S/C8H11N3O/c12-8-7-5-2-1-4(9-5)3-6(7)10-11-8/h4-5,9H,1-3H2,(H2,10,11,12). The minimum atomic E-state index is 0.0582. The Morgan fingerprint density at radius 2 is 2.17 bits per heavy atom. The summed E-state index contributed by atoms with van der Waals surface area (Å²) in [5, 5.41) is 9.03. The van der Waals surface area contributed by atoms with E-state index in [1.165, 1.54) is 6.42 Å². The van der Waals surface area contributed by atoms with Crippen molar-refractivity contribution in [1.82, 2.24) is 15.5 Å². The minimum absolute atomic E-state index is 0.0582. The molecule has 1 saturated heterocycles. The molecule has 2 aliphatic rings. The fourth-order valence-electron chi connectivity index (χ4n) is 2.39. The molecule has 0 aliphatic carbocycles. The summed E-state index contributed by atoms with van der Waals surface area (Å²) in [5.41, 5.74) is 2.12. The summed E-state index contributed by atoms with van der Waals surface area (Å²) in [6.45, 7) is 0. The highest BCUT2D eigenvalue weighted by atomic mass is 16.1. The van der Waals surface area contributed by atoms with E-state index in [4.69, 9.17) is 0 Å². The first-order chi connectivity index (χ1) is 5.84. The molecule has 0 spiro atoms. The van der Waals surface area contributed by atoms with E-state index in [1.807, 2.05) is 0 Å². The predicted octanol–water partition coefficient (Wildman–Crippen LogP) is 0.0522. The second-order valence-electron chi connectivity index (χ2n) is 3.67. The molecule has 64 valence electrons. The van der Waals surface area contributed by atoms with Crippen molar-refractivity contribution in [1.29, 1.82) is 0 Å². The smallest absolute Gasteiger partial charge is 0.268 e. The average Bonchev–Trinajstić information content (AvgIpc) is 2.59. The van der Waals surface area contributed by atoms with Gasteiger partial charge in [-0.25, -0.2) is 0 Å². The topological polar surface area (TPSA) is 60.7 Å². The molecule has 3 heterocycles. The average molecular weight is 165 g/mol. The molecule has 2 aliphatic heterocycles. The van der Waals surface area contributed by atoms with Crippen molar-refractivity contribution in [3.63, 3.8) is 0 Å². The van der Waals surface area contributed by atoms with Gasteiger partial charge in [0.2, 0.25) is 0 Å². The third kappa shape index (κ3) is 0.679. The van der Waals surface area contributed by atoms with Gasteiger partial charge in [-0.2, -0.15) is 0 Å². The molecule has 0 amide bonds. The molecule has 1 fully saturated rings. The predicted molar refractivity (Wildman–Crippen MR) is 44.0 cm³/mol. The lowest BCUT2D eigenvalue weighted by Gasteiger charge is -2.19. The SMILES string of the molecule is O=c1[nH][nH]c2c1C1CCC(C2)N1. The Labute approximate surface area is 69.4 Å². The van der Waals surface area contributed by atoms with Crippen molar-refractivity contribution in [3.05, 3.63) is 21.6 Å². The van der Waals surface area contributed by atoms with Gasteiger partial charge in [0.15, 0.2) is 0 Å². The van der Waals surface area contributed by atoms with E-state index < -0.39 is 0 Å².